The third kappa shape index (κ3) is 3.70. The number of aryl methyl sites for hydroxylation is 1. The highest BCUT2D eigenvalue weighted by atomic mass is 16.5. The van der Waals surface area contributed by atoms with Crippen molar-refractivity contribution in [3.8, 4) is 11.8 Å². The Hall–Kier alpha value is -3.13. The van der Waals surface area contributed by atoms with Gasteiger partial charge in [-0.3, -0.25) is 9.78 Å². The molecule has 0 saturated heterocycles. The number of methoxy groups -OCH3 is 1. The van der Waals surface area contributed by atoms with Gasteiger partial charge >= 0.3 is 0 Å². The summed E-state index contributed by atoms with van der Waals surface area (Å²) in [5.41, 5.74) is 2.25. The Morgan fingerprint density at radius 1 is 1.32 bits per heavy atom. The summed E-state index contributed by atoms with van der Waals surface area (Å²) in [6, 6.07) is 10.8. The smallest absolute Gasteiger partial charge is 0.266 e. The van der Waals surface area contributed by atoms with E-state index in [2.05, 4.69) is 10.3 Å². The van der Waals surface area contributed by atoms with Gasteiger partial charge in [0, 0.05) is 12.4 Å². The molecule has 0 aliphatic heterocycles. The summed E-state index contributed by atoms with van der Waals surface area (Å²) in [6.07, 6.45) is 4.71. The summed E-state index contributed by atoms with van der Waals surface area (Å²) in [6.45, 7) is 1.91. The van der Waals surface area contributed by atoms with Crippen molar-refractivity contribution in [2.24, 2.45) is 0 Å². The van der Waals surface area contributed by atoms with Crippen LogP contribution in [0.15, 0.2) is 48.3 Å². The molecule has 0 bridgehead atoms. The molecule has 0 aliphatic rings. The molecule has 0 spiro atoms. The molecule has 1 amide bonds. The number of hydrogen-bond donors (Lipinski definition) is 1. The summed E-state index contributed by atoms with van der Waals surface area (Å²) >= 11 is 0. The average molecular weight is 293 g/mol. The molecular formula is C17H15N3O2. The van der Waals surface area contributed by atoms with Crippen molar-refractivity contribution in [3.63, 3.8) is 0 Å². The average Bonchev–Trinajstić information content (AvgIpc) is 2.53. The fourth-order valence-electron chi connectivity index (χ4n) is 1.88. The number of carbonyl (C=O) groups excluding carboxylic acids is 1. The van der Waals surface area contributed by atoms with E-state index in [0.717, 1.165) is 11.1 Å². The van der Waals surface area contributed by atoms with Crippen LogP contribution in [-0.4, -0.2) is 18.0 Å². The monoisotopic (exact) mass is 293 g/mol. The summed E-state index contributed by atoms with van der Waals surface area (Å²) in [4.78, 5) is 16.1. The maximum Gasteiger partial charge on any atom is 0.266 e. The van der Waals surface area contributed by atoms with E-state index in [-0.39, 0.29) is 5.57 Å². The van der Waals surface area contributed by atoms with Crippen molar-refractivity contribution in [3.05, 3.63) is 59.4 Å². The summed E-state index contributed by atoms with van der Waals surface area (Å²) in [5, 5.41) is 11.9. The molecule has 1 aromatic carbocycles. The number of anilines is 1. The van der Waals surface area contributed by atoms with Crippen LogP contribution in [0.5, 0.6) is 5.75 Å². The third-order valence-corrected chi connectivity index (χ3v) is 2.99. The lowest BCUT2D eigenvalue weighted by Gasteiger charge is -2.10. The Morgan fingerprint density at radius 3 is 2.68 bits per heavy atom. The lowest BCUT2D eigenvalue weighted by molar-refractivity contribution is -0.112. The van der Waals surface area contributed by atoms with Crippen LogP contribution >= 0.6 is 0 Å². The minimum absolute atomic E-state index is 0.00904. The van der Waals surface area contributed by atoms with E-state index in [0.29, 0.717) is 11.4 Å². The lowest BCUT2D eigenvalue weighted by atomic mass is 10.1. The number of nitrogens with one attached hydrogen (secondary N) is 1. The van der Waals surface area contributed by atoms with Gasteiger partial charge in [-0.15, -0.1) is 0 Å². The standard InChI is InChI=1S/C17H15N3O2/c1-12-3-4-16(22-2)15(9-12)20-17(21)14(11-18)10-13-5-7-19-8-6-13/h3-10H,1-2H3,(H,20,21)/b14-10+. The maximum absolute atomic E-state index is 12.3. The first kappa shape index (κ1) is 15.3. The van der Waals surface area contributed by atoms with Crippen LogP contribution in [0.2, 0.25) is 0 Å². The molecule has 0 aliphatic carbocycles. The molecule has 0 fully saturated rings. The molecule has 1 N–H and O–H groups in total. The predicted octanol–water partition coefficient (Wildman–Crippen LogP) is 2.94. The van der Waals surface area contributed by atoms with E-state index in [4.69, 9.17) is 4.74 Å². The highest BCUT2D eigenvalue weighted by Gasteiger charge is 2.12. The van der Waals surface area contributed by atoms with Crippen LogP contribution in [0.3, 0.4) is 0 Å². The number of rotatable bonds is 4. The van der Waals surface area contributed by atoms with E-state index in [1.54, 1.807) is 36.7 Å². The van der Waals surface area contributed by atoms with Gasteiger partial charge in [0.1, 0.15) is 17.4 Å². The van der Waals surface area contributed by atoms with E-state index in [1.165, 1.54) is 13.2 Å². The first-order valence-corrected chi connectivity index (χ1v) is 6.62. The Balaban J connectivity index is 2.26. The molecule has 0 saturated carbocycles. The Labute approximate surface area is 128 Å². The second-order valence-corrected chi connectivity index (χ2v) is 4.61. The van der Waals surface area contributed by atoms with E-state index in [9.17, 15) is 10.1 Å². The Kier molecular flexibility index (Phi) is 4.89. The topological polar surface area (TPSA) is 75.0 Å². The van der Waals surface area contributed by atoms with Gasteiger partial charge in [0.15, 0.2) is 0 Å². The van der Waals surface area contributed by atoms with E-state index < -0.39 is 5.91 Å². The van der Waals surface area contributed by atoms with Gasteiger partial charge in [0.05, 0.1) is 12.8 Å². The fraction of sp³-hybridized carbons (Fsp3) is 0.118. The number of pyridine rings is 1. The summed E-state index contributed by atoms with van der Waals surface area (Å²) in [5.74, 6) is 0.0587. The van der Waals surface area contributed by atoms with Crippen LogP contribution in [0.25, 0.3) is 6.08 Å². The van der Waals surface area contributed by atoms with Crippen LogP contribution in [-0.2, 0) is 4.79 Å². The van der Waals surface area contributed by atoms with Crippen LogP contribution in [0, 0.1) is 18.3 Å². The van der Waals surface area contributed by atoms with Crippen LogP contribution in [0.1, 0.15) is 11.1 Å². The molecule has 5 nitrogen and oxygen atoms in total. The van der Waals surface area contributed by atoms with Crippen molar-refractivity contribution >= 4 is 17.7 Å². The fourth-order valence-corrected chi connectivity index (χ4v) is 1.88. The van der Waals surface area contributed by atoms with Crippen molar-refractivity contribution in [2.45, 2.75) is 6.92 Å². The molecule has 0 unspecified atom stereocenters. The normalized spacial score (nSPS) is 10.7. The molecule has 110 valence electrons. The highest BCUT2D eigenvalue weighted by Crippen LogP contribution is 2.25. The van der Waals surface area contributed by atoms with Crippen molar-refractivity contribution in [1.82, 2.24) is 4.98 Å². The van der Waals surface area contributed by atoms with E-state index in [1.807, 2.05) is 19.1 Å². The Morgan fingerprint density at radius 2 is 2.05 bits per heavy atom. The number of carbonyl (C=O) groups is 1. The summed E-state index contributed by atoms with van der Waals surface area (Å²) in [7, 11) is 1.53. The highest BCUT2D eigenvalue weighted by molar-refractivity contribution is 6.10. The van der Waals surface area contributed by atoms with Crippen LogP contribution < -0.4 is 10.1 Å². The number of benzene rings is 1. The quantitative estimate of drug-likeness (QED) is 0.694. The zero-order valence-electron chi connectivity index (χ0n) is 12.3. The van der Waals surface area contributed by atoms with Crippen molar-refractivity contribution < 1.29 is 9.53 Å². The number of ether oxygens (including phenoxy) is 1. The van der Waals surface area contributed by atoms with Gasteiger partial charge in [-0.25, -0.2) is 0 Å². The zero-order chi connectivity index (χ0) is 15.9. The Bertz CT molecular complexity index is 746. The van der Waals surface area contributed by atoms with Gasteiger partial charge in [-0.05, 0) is 48.4 Å². The molecule has 0 radical (unpaired) electrons. The molecule has 0 atom stereocenters. The summed E-state index contributed by atoms with van der Waals surface area (Å²) < 4.78 is 5.21. The number of aromatic nitrogens is 1. The molecule has 1 heterocycles. The van der Waals surface area contributed by atoms with E-state index >= 15 is 0 Å². The first-order chi connectivity index (χ1) is 10.6. The van der Waals surface area contributed by atoms with Gasteiger partial charge in [0.2, 0.25) is 0 Å². The number of nitrogens with zero attached hydrogens (tertiary/aromatic N) is 2. The second kappa shape index (κ2) is 7.04. The molecule has 1 aromatic heterocycles. The van der Waals surface area contributed by atoms with Gasteiger partial charge < -0.3 is 10.1 Å². The van der Waals surface area contributed by atoms with Crippen molar-refractivity contribution in [1.29, 1.82) is 5.26 Å². The molecular weight excluding hydrogens is 278 g/mol. The SMILES string of the molecule is COc1ccc(C)cc1NC(=O)/C(C#N)=C/c1ccncc1. The number of hydrogen-bond acceptors (Lipinski definition) is 4. The minimum atomic E-state index is -0.483. The minimum Gasteiger partial charge on any atom is -0.495 e. The first-order valence-electron chi connectivity index (χ1n) is 6.62. The van der Waals surface area contributed by atoms with Gasteiger partial charge in [-0.2, -0.15) is 5.26 Å². The molecule has 2 rings (SSSR count). The number of nitriles is 1. The van der Waals surface area contributed by atoms with Gasteiger partial charge in [-0.1, -0.05) is 6.07 Å². The zero-order valence-corrected chi connectivity index (χ0v) is 12.3. The predicted molar refractivity (Wildman–Crippen MR) is 84.2 cm³/mol. The molecule has 5 heteroatoms. The molecule has 2 aromatic rings. The lowest BCUT2D eigenvalue weighted by Crippen LogP contribution is -2.14. The van der Waals surface area contributed by atoms with Gasteiger partial charge in [0.25, 0.3) is 5.91 Å². The third-order valence-electron chi connectivity index (χ3n) is 2.99. The molecule has 22 heavy (non-hydrogen) atoms. The maximum atomic E-state index is 12.3. The largest absolute Gasteiger partial charge is 0.495 e. The van der Waals surface area contributed by atoms with Crippen LogP contribution in [0.4, 0.5) is 5.69 Å². The number of amides is 1. The second-order valence-electron chi connectivity index (χ2n) is 4.61. The van der Waals surface area contributed by atoms with Crippen molar-refractivity contribution in [2.75, 3.05) is 12.4 Å².